The van der Waals surface area contributed by atoms with E-state index in [-0.39, 0.29) is 11.9 Å². The van der Waals surface area contributed by atoms with E-state index >= 15 is 0 Å². The number of rotatable bonds is 3. The maximum Gasteiger partial charge on any atom is 0.267 e. The largest absolute Gasteiger partial charge is 0.357 e. The van der Waals surface area contributed by atoms with Gasteiger partial charge in [-0.05, 0) is 49.3 Å². The van der Waals surface area contributed by atoms with E-state index in [2.05, 4.69) is 24.1 Å². The first-order valence-electron chi connectivity index (χ1n) is 8.29. The zero-order valence-corrected chi connectivity index (χ0v) is 15.5. The number of benzene rings is 1. The molecule has 1 fully saturated rings. The van der Waals surface area contributed by atoms with Crippen LogP contribution in [0.4, 0.5) is 0 Å². The van der Waals surface area contributed by atoms with Crippen LogP contribution in [0, 0.1) is 5.41 Å². The van der Waals surface area contributed by atoms with Crippen molar-refractivity contribution >= 4 is 29.1 Å². The van der Waals surface area contributed by atoms with Crippen molar-refractivity contribution in [1.29, 1.82) is 0 Å². The van der Waals surface area contributed by atoms with Gasteiger partial charge in [-0.1, -0.05) is 43.1 Å². The zero-order chi connectivity index (χ0) is 17.3. The molecule has 1 aromatic heterocycles. The highest BCUT2D eigenvalue weighted by atomic mass is 35.5. The number of aromatic nitrogens is 1. The molecular weight excluding hydrogens is 343 g/mol. The van der Waals surface area contributed by atoms with Gasteiger partial charge in [0.15, 0.2) is 0 Å². The molecular formula is C19H22Cl2N2O. The Morgan fingerprint density at radius 2 is 1.92 bits per heavy atom. The van der Waals surface area contributed by atoms with Crippen LogP contribution in [-0.4, -0.2) is 16.9 Å². The normalized spacial score (nSPS) is 17.7. The highest BCUT2D eigenvalue weighted by Crippen LogP contribution is 2.35. The summed E-state index contributed by atoms with van der Waals surface area (Å²) in [6.07, 6.45) is 6.17. The van der Waals surface area contributed by atoms with Crippen molar-refractivity contribution in [3.05, 3.63) is 46.2 Å². The number of nitrogens with one attached hydrogen (secondary N) is 2. The van der Waals surface area contributed by atoms with E-state index in [1.54, 1.807) is 18.3 Å². The first-order valence-corrected chi connectivity index (χ1v) is 9.04. The highest BCUT2D eigenvalue weighted by molar-refractivity contribution is 6.36. The lowest BCUT2D eigenvalue weighted by Crippen LogP contribution is -2.39. The molecule has 1 aliphatic rings. The van der Waals surface area contributed by atoms with Gasteiger partial charge in [-0.2, -0.15) is 0 Å². The minimum absolute atomic E-state index is 0.0592. The van der Waals surface area contributed by atoms with Crippen LogP contribution in [0.2, 0.25) is 10.0 Å². The Hall–Kier alpha value is -1.45. The molecule has 3 nitrogen and oxygen atoms in total. The Labute approximate surface area is 152 Å². The number of hydrogen-bond donors (Lipinski definition) is 2. The van der Waals surface area contributed by atoms with Crippen LogP contribution in [0.25, 0.3) is 11.1 Å². The quantitative estimate of drug-likeness (QED) is 0.721. The summed E-state index contributed by atoms with van der Waals surface area (Å²) < 4.78 is 0. The molecule has 3 rings (SSSR count). The van der Waals surface area contributed by atoms with Crippen LogP contribution >= 0.6 is 23.2 Å². The Morgan fingerprint density at radius 1 is 1.21 bits per heavy atom. The van der Waals surface area contributed by atoms with Crippen LogP contribution in [0.1, 0.15) is 50.0 Å². The predicted octanol–water partition coefficient (Wildman–Crippen LogP) is 5.69. The van der Waals surface area contributed by atoms with Crippen LogP contribution in [0.5, 0.6) is 0 Å². The second-order valence-corrected chi connectivity index (χ2v) is 8.18. The third kappa shape index (κ3) is 3.96. The molecule has 5 heteroatoms. The lowest BCUT2D eigenvalue weighted by atomic mass is 9.75. The van der Waals surface area contributed by atoms with Gasteiger partial charge < -0.3 is 10.3 Å². The second-order valence-electron chi connectivity index (χ2n) is 7.34. The SMILES string of the molecule is CC1(C)CCC(NC(=O)c2cc(-c3ccc(Cl)cc3Cl)c[nH]2)CC1. The summed E-state index contributed by atoms with van der Waals surface area (Å²) in [4.78, 5) is 15.5. The topological polar surface area (TPSA) is 44.9 Å². The van der Waals surface area contributed by atoms with E-state index in [0.29, 0.717) is 21.2 Å². The van der Waals surface area contributed by atoms with E-state index in [9.17, 15) is 4.79 Å². The van der Waals surface area contributed by atoms with Gasteiger partial charge in [0.05, 0.1) is 0 Å². The summed E-state index contributed by atoms with van der Waals surface area (Å²) in [7, 11) is 0. The van der Waals surface area contributed by atoms with E-state index in [4.69, 9.17) is 23.2 Å². The molecule has 0 atom stereocenters. The number of carbonyl (C=O) groups is 1. The molecule has 0 unspecified atom stereocenters. The van der Waals surface area contributed by atoms with Crippen molar-refractivity contribution in [3.8, 4) is 11.1 Å². The van der Waals surface area contributed by atoms with E-state index < -0.39 is 0 Å². The number of carbonyl (C=O) groups excluding carboxylic acids is 1. The molecule has 1 amide bonds. The van der Waals surface area contributed by atoms with E-state index in [0.717, 1.165) is 36.8 Å². The summed E-state index contributed by atoms with van der Waals surface area (Å²) in [5.74, 6) is -0.0592. The maximum absolute atomic E-state index is 12.5. The molecule has 1 aromatic carbocycles. The predicted molar refractivity (Wildman–Crippen MR) is 99.8 cm³/mol. The summed E-state index contributed by atoms with van der Waals surface area (Å²) in [5, 5.41) is 4.30. The van der Waals surface area contributed by atoms with E-state index in [1.165, 1.54) is 0 Å². The smallest absolute Gasteiger partial charge is 0.267 e. The standard InChI is InChI=1S/C19H22Cl2N2O/c1-19(2)7-5-14(6-8-19)23-18(24)17-9-12(11-22-17)15-4-3-13(20)10-16(15)21/h3-4,9-11,14,22H,5-8H2,1-2H3,(H,23,24). The first-order chi connectivity index (χ1) is 11.3. The molecule has 2 N–H and O–H groups in total. The number of H-pyrrole nitrogens is 1. The molecule has 1 saturated carbocycles. The first kappa shape index (κ1) is 17.4. The van der Waals surface area contributed by atoms with Gasteiger partial charge in [0.2, 0.25) is 0 Å². The lowest BCUT2D eigenvalue weighted by molar-refractivity contribution is 0.0904. The minimum Gasteiger partial charge on any atom is -0.357 e. The van der Waals surface area contributed by atoms with Gasteiger partial charge in [-0.25, -0.2) is 0 Å². The second kappa shape index (κ2) is 6.81. The molecule has 1 heterocycles. The average molecular weight is 365 g/mol. The van der Waals surface area contributed by atoms with Crippen molar-refractivity contribution < 1.29 is 4.79 Å². The lowest BCUT2D eigenvalue weighted by Gasteiger charge is -2.34. The Morgan fingerprint density at radius 3 is 2.58 bits per heavy atom. The van der Waals surface area contributed by atoms with Gasteiger partial charge in [0.1, 0.15) is 5.69 Å². The average Bonchev–Trinajstić information content (AvgIpc) is 2.99. The minimum atomic E-state index is -0.0592. The molecule has 1 aliphatic carbocycles. The Balaban J connectivity index is 1.68. The maximum atomic E-state index is 12.5. The molecule has 0 bridgehead atoms. The molecule has 0 saturated heterocycles. The monoisotopic (exact) mass is 364 g/mol. The molecule has 128 valence electrons. The molecule has 24 heavy (non-hydrogen) atoms. The molecule has 0 spiro atoms. The highest BCUT2D eigenvalue weighted by Gasteiger charge is 2.28. The number of aromatic amines is 1. The fraction of sp³-hybridized carbons (Fsp3) is 0.421. The summed E-state index contributed by atoms with van der Waals surface area (Å²) in [5.41, 5.74) is 2.69. The van der Waals surface area contributed by atoms with Gasteiger partial charge in [0.25, 0.3) is 5.91 Å². The van der Waals surface area contributed by atoms with Crippen LogP contribution in [-0.2, 0) is 0 Å². The third-order valence-corrected chi connectivity index (χ3v) is 5.39. The summed E-state index contributed by atoms with van der Waals surface area (Å²) in [6, 6.07) is 7.45. The number of halogens is 2. The Bertz CT molecular complexity index is 742. The van der Waals surface area contributed by atoms with Crippen molar-refractivity contribution in [2.75, 3.05) is 0 Å². The van der Waals surface area contributed by atoms with Gasteiger partial charge in [-0.3, -0.25) is 4.79 Å². The van der Waals surface area contributed by atoms with Gasteiger partial charge >= 0.3 is 0 Å². The molecule has 2 aromatic rings. The molecule has 0 radical (unpaired) electrons. The van der Waals surface area contributed by atoms with Gasteiger partial charge in [-0.15, -0.1) is 0 Å². The fourth-order valence-corrected chi connectivity index (χ4v) is 3.73. The van der Waals surface area contributed by atoms with Crippen molar-refractivity contribution in [3.63, 3.8) is 0 Å². The van der Waals surface area contributed by atoms with Crippen LogP contribution < -0.4 is 5.32 Å². The van der Waals surface area contributed by atoms with Gasteiger partial charge in [0, 0.05) is 33.4 Å². The van der Waals surface area contributed by atoms with Crippen molar-refractivity contribution in [2.24, 2.45) is 5.41 Å². The fourth-order valence-electron chi connectivity index (χ4n) is 3.21. The van der Waals surface area contributed by atoms with E-state index in [1.807, 2.05) is 12.1 Å². The van der Waals surface area contributed by atoms with Crippen LogP contribution in [0.15, 0.2) is 30.5 Å². The summed E-state index contributed by atoms with van der Waals surface area (Å²) in [6.45, 7) is 4.58. The third-order valence-electron chi connectivity index (χ3n) is 4.84. The van der Waals surface area contributed by atoms with Crippen molar-refractivity contribution in [2.45, 2.75) is 45.6 Å². The number of amides is 1. The zero-order valence-electron chi connectivity index (χ0n) is 14.0. The van der Waals surface area contributed by atoms with Crippen LogP contribution in [0.3, 0.4) is 0 Å². The Kier molecular flexibility index (Phi) is 4.93. The number of hydrogen-bond acceptors (Lipinski definition) is 1. The molecule has 0 aliphatic heterocycles. The summed E-state index contributed by atoms with van der Waals surface area (Å²) >= 11 is 12.2. The van der Waals surface area contributed by atoms with Crippen molar-refractivity contribution in [1.82, 2.24) is 10.3 Å².